The van der Waals surface area contributed by atoms with Crippen molar-refractivity contribution in [2.24, 2.45) is 0 Å². The highest BCUT2D eigenvalue weighted by atomic mass is 35.5. The van der Waals surface area contributed by atoms with E-state index in [0.717, 1.165) is 12.1 Å². The van der Waals surface area contributed by atoms with E-state index in [1.165, 1.54) is 35.4 Å². The van der Waals surface area contributed by atoms with E-state index in [0.29, 0.717) is 35.2 Å². The number of morpholine rings is 1. The van der Waals surface area contributed by atoms with Crippen molar-refractivity contribution in [3.05, 3.63) is 76.8 Å². The van der Waals surface area contributed by atoms with E-state index < -0.39 is 0 Å². The highest BCUT2D eigenvalue weighted by Crippen LogP contribution is 2.35. The Hall–Kier alpha value is -2.74. The van der Waals surface area contributed by atoms with E-state index in [9.17, 15) is 9.18 Å². The number of nitrogens with one attached hydrogen (secondary N) is 2. The Morgan fingerprint density at radius 1 is 1.21 bits per heavy atom. The zero-order chi connectivity index (χ0) is 19.5. The molecule has 1 saturated heterocycles. The first-order valence-corrected chi connectivity index (χ1v) is 9.22. The van der Waals surface area contributed by atoms with E-state index in [2.05, 4.69) is 15.5 Å². The molecule has 0 spiro atoms. The third kappa shape index (κ3) is 3.77. The standard InChI is InChI=1S/C20H18ClFN4O2/c21-16-11-13(19-12-23-9-10-28-19)1-6-18(16)26(15-4-2-14(22)3-5-15)20(27)17-7-8-24-25-17/h1-8,11,19,23H,9-10,12H2,(H,24,25)/t19-/m1/s1. The summed E-state index contributed by atoms with van der Waals surface area (Å²) in [6.07, 6.45) is 1.40. The molecule has 0 unspecified atom stereocenters. The van der Waals surface area contributed by atoms with Crippen LogP contribution in [0.15, 0.2) is 54.7 Å². The van der Waals surface area contributed by atoms with Crippen LogP contribution < -0.4 is 10.2 Å². The molecule has 6 nitrogen and oxygen atoms in total. The number of aromatic nitrogens is 2. The fourth-order valence-electron chi connectivity index (χ4n) is 3.14. The molecule has 2 heterocycles. The van der Waals surface area contributed by atoms with Crippen LogP contribution in [0.5, 0.6) is 0 Å². The van der Waals surface area contributed by atoms with Crippen LogP contribution in [0.3, 0.4) is 0 Å². The smallest absolute Gasteiger partial charge is 0.280 e. The Labute approximate surface area is 166 Å². The van der Waals surface area contributed by atoms with Crippen LogP contribution in [-0.2, 0) is 4.74 Å². The van der Waals surface area contributed by atoms with Crippen LogP contribution in [0.25, 0.3) is 0 Å². The molecule has 144 valence electrons. The minimum absolute atomic E-state index is 0.0946. The van der Waals surface area contributed by atoms with Crippen LogP contribution in [0.1, 0.15) is 22.2 Å². The van der Waals surface area contributed by atoms with Gasteiger partial charge >= 0.3 is 0 Å². The summed E-state index contributed by atoms with van der Waals surface area (Å²) in [6, 6.07) is 12.7. The van der Waals surface area contributed by atoms with Gasteiger partial charge in [-0.2, -0.15) is 5.10 Å². The monoisotopic (exact) mass is 400 g/mol. The number of hydrogen-bond acceptors (Lipinski definition) is 4. The number of nitrogens with zero attached hydrogens (tertiary/aromatic N) is 2. The summed E-state index contributed by atoms with van der Waals surface area (Å²) in [7, 11) is 0. The Morgan fingerprint density at radius 2 is 2.04 bits per heavy atom. The van der Waals surface area contributed by atoms with Crippen molar-refractivity contribution in [1.29, 1.82) is 0 Å². The normalized spacial score (nSPS) is 16.7. The maximum absolute atomic E-state index is 13.4. The molecule has 2 aromatic carbocycles. The SMILES string of the molecule is O=C(c1ccn[nH]1)N(c1ccc(F)cc1)c1ccc([C@H]2CNCCO2)cc1Cl. The molecule has 1 atom stereocenters. The Morgan fingerprint density at radius 3 is 2.68 bits per heavy atom. The topological polar surface area (TPSA) is 70.2 Å². The lowest BCUT2D eigenvalue weighted by Crippen LogP contribution is -2.33. The molecule has 1 aliphatic heterocycles. The number of anilines is 2. The number of benzene rings is 2. The summed E-state index contributed by atoms with van der Waals surface area (Å²) in [4.78, 5) is 14.5. The number of rotatable bonds is 4. The molecule has 0 aliphatic carbocycles. The van der Waals surface area contributed by atoms with E-state index >= 15 is 0 Å². The molecule has 0 radical (unpaired) electrons. The number of H-pyrrole nitrogens is 1. The maximum atomic E-state index is 13.4. The lowest BCUT2D eigenvalue weighted by atomic mass is 10.1. The number of halogens is 2. The highest BCUT2D eigenvalue weighted by Gasteiger charge is 2.24. The molecule has 2 N–H and O–H groups in total. The lowest BCUT2D eigenvalue weighted by molar-refractivity contribution is 0.0277. The first-order chi connectivity index (χ1) is 13.6. The third-order valence-electron chi connectivity index (χ3n) is 4.53. The van der Waals surface area contributed by atoms with Crippen molar-refractivity contribution in [2.75, 3.05) is 24.6 Å². The largest absolute Gasteiger partial charge is 0.371 e. The van der Waals surface area contributed by atoms with Crippen molar-refractivity contribution in [3.8, 4) is 0 Å². The maximum Gasteiger partial charge on any atom is 0.280 e. The second-order valence-electron chi connectivity index (χ2n) is 6.36. The van der Waals surface area contributed by atoms with Crippen LogP contribution >= 0.6 is 11.6 Å². The predicted octanol–water partition coefficient (Wildman–Crippen LogP) is 3.84. The van der Waals surface area contributed by atoms with Gasteiger partial charge < -0.3 is 10.1 Å². The first-order valence-electron chi connectivity index (χ1n) is 8.84. The molecule has 3 aromatic rings. The number of carbonyl (C=O) groups is 1. The first kappa shape index (κ1) is 18.6. The summed E-state index contributed by atoms with van der Waals surface area (Å²) in [5.74, 6) is -0.740. The molecule has 0 bridgehead atoms. The number of aromatic amines is 1. The Kier molecular flexibility index (Phi) is 5.38. The summed E-state index contributed by atoms with van der Waals surface area (Å²) in [5, 5.41) is 10.2. The second-order valence-corrected chi connectivity index (χ2v) is 6.77. The molecule has 4 rings (SSSR count). The average molecular weight is 401 g/mol. The summed E-state index contributed by atoms with van der Waals surface area (Å²) in [5.41, 5.74) is 2.20. The van der Waals surface area contributed by atoms with E-state index in [-0.39, 0.29) is 17.8 Å². The highest BCUT2D eigenvalue weighted by molar-refractivity contribution is 6.34. The van der Waals surface area contributed by atoms with Gasteiger partial charge in [-0.1, -0.05) is 17.7 Å². The summed E-state index contributed by atoms with van der Waals surface area (Å²) < 4.78 is 19.2. The number of carbonyl (C=O) groups excluding carboxylic acids is 1. The van der Waals surface area contributed by atoms with Crippen molar-refractivity contribution in [2.45, 2.75) is 6.10 Å². The molecule has 28 heavy (non-hydrogen) atoms. The van der Waals surface area contributed by atoms with Gasteiger partial charge in [-0.05, 0) is 48.0 Å². The molecule has 1 aromatic heterocycles. The minimum Gasteiger partial charge on any atom is -0.371 e. The fraction of sp³-hybridized carbons (Fsp3) is 0.200. The zero-order valence-corrected chi connectivity index (χ0v) is 15.6. The van der Waals surface area contributed by atoms with Gasteiger partial charge in [0.15, 0.2) is 0 Å². The van der Waals surface area contributed by atoms with Gasteiger partial charge in [0, 0.05) is 25.0 Å². The van der Waals surface area contributed by atoms with Crippen LogP contribution in [0.4, 0.5) is 15.8 Å². The Balaban J connectivity index is 1.73. The Bertz CT molecular complexity index is 957. The van der Waals surface area contributed by atoms with Gasteiger partial charge in [0.2, 0.25) is 0 Å². The molecule has 1 fully saturated rings. The van der Waals surface area contributed by atoms with Gasteiger partial charge in [0.05, 0.1) is 23.4 Å². The van der Waals surface area contributed by atoms with E-state index in [1.807, 2.05) is 6.07 Å². The average Bonchev–Trinajstić information content (AvgIpc) is 3.26. The van der Waals surface area contributed by atoms with Gasteiger partial charge in [-0.25, -0.2) is 4.39 Å². The van der Waals surface area contributed by atoms with E-state index in [1.54, 1.807) is 18.2 Å². The molecule has 8 heteroatoms. The quantitative estimate of drug-likeness (QED) is 0.698. The molecular formula is C20H18ClFN4O2. The predicted molar refractivity (Wildman–Crippen MR) is 104 cm³/mol. The van der Waals surface area contributed by atoms with Crippen LogP contribution in [-0.4, -0.2) is 35.8 Å². The van der Waals surface area contributed by atoms with Gasteiger partial charge in [0.25, 0.3) is 5.91 Å². The van der Waals surface area contributed by atoms with Crippen LogP contribution in [0, 0.1) is 5.82 Å². The summed E-state index contributed by atoms with van der Waals surface area (Å²) >= 11 is 6.56. The van der Waals surface area contributed by atoms with Crippen molar-refractivity contribution >= 4 is 28.9 Å². The minimum atomic E-state index is -0.388. The second kappa shape index (κ2) is 8.10. The lowest BCUT2D eigenvalue weighted by Gasteiger charge is -2.26. The van der Waals surface area contributed by atoms with E-state index in [4.69, 9.17) is 16.3 Å². The fourth-order valence-corrected chi connectivity index (χ4v) is 3.41. The van der Waals surface area contributed by atoms with Gasteiger partial charge in [-0.3, -0.25) is 14.8 Å². The molecule has 1 amide bonds. The van der Waals surface area contributed by atoms with Crippen molar-refractivity contribution in [3.63, 3.8) is 0 Å². The van der Waals surface area contributed by atoms with Crippen LogP contribution in [0.2, 0.25) is 5.02 Å². The third-order valence-corrected chi connectivity index (χ3v) is 4.83. The number of hydrogen-bond donors (Lipinski definition) is 2. The van der Waals surface area contributed by atoms with Gasteiger partial charge in [-0.15, -0.1) is 0 Å². The number of amides is 1. The number of ether oxygens (including phenoxy) is 1. The molecule has 0 saturated carbocycles. The van der Waals surface area contributed by atoms with Crippen molar-refractivity contribution < 1.29 is 13.9 Å². The molecule has 1 aliphatic rings. The zero-order valence-electron chi connectivity index (χ0n) is 14.9. The summed E-state index contributed by atoms with van der Waals surface area (Å²) in [6.45, 7) is 2.15. The van der Waals surface area contributed by atoms with Gasteiger partial charge in [0.1, 0.15) is 11.5 Å². The molecular weight excluding hydrogens is 383 g/mol. The van der Waals surface area contributed by atoms with Crippen molar-refractivity contribution in [1.82, 2.24) is 15.5 Å².